The Morgan fingerprint density at radius 2 is 2.05 bits per heavy atom. The van der Waals surface area contributed by atoms with E-state index in [0.717, 1.165) is 0 Å². The highest BCUT2D eigenvalue weighted by molar-refractivity contribution is 5.46. The van der Waals surface area contributed by atoms with Gasteiger partial charge in [-0.05, 0) is 12.1 Å². The molecular weight excluding hydrogens is 256 g/mol. The summed E-state index contributed by atoms with van der Waals surface area (Å²) in [5.41, 5.74) is 1.64. The summed E-state index contributed by atoms with van der Waals surface area (Å²) >= 11 is 0. The van der Waals surface area contributed by atoms with E-state index in [2.05, 4.69) is 4.98 Å². The van der Waals surface area contributed by atoms with Crippen molar-refractivity contribution in [2.75, 3.05) is 7.11 Å². The second-order valence-electron chi connectivity index (χ2n) is 4.02. The predicted octanol–water partition coefficient (Wildman–Crippen LogP) is 2.03. The number of aromatic nitrogens is 1. The number of rotatable bonds is 5. The van der Waals surface area contributed by atoms with Crippen LogP contribution >= 0.6 is 0 Å². The van der Waals surface area contributed by atoms with Crippen molar-refractivity contribution in [3.8, 4) is 17.6 Å². The Bertz CT molecular complexity index is 613. The SMILES string of the molecule is COc1cccc(CO)c1OCc1cccnc1C#N. The molecule has 0 fully saturated rings. The molecule has 0 saturated heterocycles. The van der Waals surface area contributed by atoms with Crippen molar-refractivity contribution in [3.05, 3.63) is 53.3 Å². The van der Waals surface area contributed by atoms with Crippen LogP contribution in [0.4, 0.5) is 0 Å². The van der Waals surface area contributed by atoms with E-state index >= 15 is 0 Å². The molecule has 0 aliphatic carbocycles. The van der Waals surface area contributed by atoms with E-state index in [1.54, 1.807) is 36.5 Å². The van der Waals surface area contributed by atoms with Gasteiger partial charge in [-0.25, -0.2) is 4.98 Å². The van der Waals surface area contributed by atoms with Crippen molar-refractivity contribution >= 4 is 0 Å². The second kappa shape index (κ2) is 6.55. The molecule has 0 radical (unpaired) electrons. The van der Waals surface area contributed by atoms with Gasteiger partial charge < -0.3 is 14.6 Å². The molecule has 0 saturated carbocycles. The third kappa shape index (κ3) is 2.87. The zero-order valence-corrected chi connectivity index (χ0v) is 11.0. The molecule has 0 amide bonds. The van der Waals surface area contributed by atoms with Gasteiger partial charge in [-0.1, -0.05) is 18.2 Å². The lowest BCUT2D eigenvalue weighted by Crippen LogP contribution is -2.03. The van der Waals surface area contributed by atoms with Crippen LogP contribution < -0.4 is 9.47 Å². The summed E-state index contributed by atoms with van der Waals surface area (Å²) in [5, 5.41) is 18.3. The molecule has 0 atom stereocenters. The zero-order chi connectivity index (χ0) is 14.4. The fraction of sp³-hybridized carbons (Fsp3) is 0.200. The van der Waals surface area contributed by atoms with E-state index in [4.69, 9.17) is 14.7 Å². The van der Waals surface area contributed by atoms with Gasteiger partial charge in [0, 0.05) is 17.3 Å². The molecule has 1 aromatic carbocycles. The molecule has 2 rings (SSSR count). The Kier molecular flexibility index (Phi) is 4.53. The number of hydrogen-bond acceptors (Lipinski definition) is 5. The van der Waals surface area contributed by atoms with E-state index in [0.29, 0.717) is 28.3 Å². The Labute approximate surface area is 117 Å². The van der Waals surface area contributed by atoms with E-state index in [1.807, 2.05) is 6.07 Å². The van der Waals surface area contributed by atoms with Gasteiger partial charge in [-0.15, -0.1) is 0 Å². The average Bonchev–Trinajstić information content (AvgIpc) is 2.52. The van der Waals surface area contributed by atoms with Gasteiger partial charge in [0.2, 0.25) is 0 Å². The minimum Gasteiger partial charge on any atom is -0.493 e. The minimum atomic E-state index is -0.148. The lowest BCUT2D eigenvalue weighted by molar-refractivity contribution is 0.249. The summed E-state index contributed by atoms with van der Waals surface area (Å²) in [7, 11) is 1.54. The van der Waals surface area contributed by atoms with Gasteiger partial charge in [0.1, 0.15) is 18.4 Å². The van der Waals surface area contributed by atoms with Crippen LogP contribution in [0.25, 0.3) is 0 Å². The van der Waals surface area contributed by atoms with Crippen LogP contribution in [0.2, 0.25) is 0 Å². The summed E-state index contributed by atoms with van der Waals surface area (Å²) in [4.78, 5) is 3.97. The first-order chi connectivity index (χ1) is 9.80. The molecule has 1 N–H and O–H groups in total. The van der Waals surface area contributed by atoms with Crippen LogP contribution in [0.15, 0.2) is 36.5 Å². The maximum Gasteiger partial charge on any atom is 0.167 e. The van der Waals surface area contributed by atoms with E-state index in [9.17, 15) is 5.11 Å². The second-order valence-corrected chi connectivity index (χ2v) is 4.02. The maximum absolute atomic E-state index is 9.34. The molecule has 5 nitrogen and oxygen atoms in total. The molecule has 0 aliphatic rings. The number of hydrogen-bond donors (Lipinski definition) is 1. The average molecular weight is 270 g/mol. The van der Waals surface area contributed by atoms with Crippen LogP contribution in [0.3, 0.4) is 0 Å². The number of benzene rings is 1. The first kappa shape index (κ1) is 13.8. The molecule has 1 heterocycles. The molecule has 0 bridgehead atoms. The number of nitrogens with zero attached hydrogens (tertiary/aromatic N) is 2. The molecule has 0 spiro atoms. The largest absolute Gasteiger partial charge is 0.493 e. The lowest BCUT2D eigenvalue weighted by atomic mass is 10.2. The molecule has 2 aromatic rings. The third-order valence-corrected chi connectivity index (χ3v) is 2.82. The Hall–Kier alpha value is -2.58. The van der Waals surface area contributed by atoms with Gasteiger partial charge in [0.05, 0.1) is 13.7 Å². The van der Waals surface area contributed by atoms with Crippen LogP contribution in [0.1, 0.15) is 16.8 Å². The first-order valence-corrected chi connectivity index (χ1v) is 6.03. The zero-order valence-electron chi connectivity index (χ0n) is 11.0. The number of para-hydroxylation sites is 1. The van der Waals surface area contributed by atoms with Crippen molar-refractivity contribution in [2.45, 2.75) is 13.2 Å². The molecule has 1 aromatic heterocycles. The van der Waals surface area contributed by atoms with Crippen LogP contribution in [0.5, 0.6) is 11.5 Å². The third-order valence-electron chi connectivity index (χ3n) is 2.82. The Morgan fingerprint density at radius 3 is 2.75 bits per heavy atom. The predicted molar refractivity (Wildman–Crippen MR) is 72.2 cm³/mol. The van der Waals surface area contributed by atoms with Crippen LogP contribution in [0, 0.1) is 11.3 Å². The molecule has 0 aliphatic heterocycles. The van der Waals surface area contributed by atoms with Crippen molar-refractivity contribution in [1.82, 2.24) is 4.98 Å². The van der Waals surface area contributed by atoms with Crippen LogP contribution in [-0.2, 0) is 13.2 Å². The van der Waals surface area contributed by atoms with E-state index in [1.165, 1.54) is 7.11 Å². The first-order valence-electron chi connectivity index (χ1n) is 6.03. The molecular formula is C15H14N2O3. The molecule has 20 heavy (non-hydrogen) atoms. The van der Waals surface area contributed by atoms with Gasteiger partial charge in [0.15, 0.2) is 11.5 Å². The Balaban J connectivity index is 2.25. The molecule has 0 unspecified atom stereocenters. The number of aliphatic hydroxyl groups is 1. The fourth-order valence-electron chi connectivity index (χ4n) is 1.82. The Morgan fingerprint density at radius 1 is 1.25 bits per heavy atom. The standard InChI is InChI=1S/C15H14N2O3/c1-19-14-6-2-4-11(9-18)15(14)20-10-12-5-3-7-17-13(12)8-16/h2-7,18H,9-10H2,1H3. The number of pyridine rings is 1. The lowest BCUT2D eigenvalue weighted by Gasteiger charge is -2.14. The number of methoxy groups -OCH3 is 1. The van der Waals surface area contributed by atoms with Gasteiger partial charge in [0.25, 0.3) is 0 Å². The maximum atomic E-state index is 9.34. The van der Waals surface area contributed by atoms with Gasteiger partial charge in [-0.2, -0.15) is 5.26 Å². The van der Waals surface area contributed by atoms with Gasteiger partial charge >= 0.3 is 0 Å². The number of nitriles is 1. The van der Waals surface area contributed by atoms with Crippen molar-refractivity contribution < 1.29 is 14.6 Å². The quantitative estimate of drug-likeness (QED) is 0.899. The minimum absolute atomic E-state index is 0.148. The normalized spacial score (nSPS) is 9.85. The van der Waals surface area contributed by atoms with E-state index < -0.39 is 0 Å². The number of aliphatic hydroxyl groups excluding tert-OH is 1. The van der Waals surface area contributed by atoms with Crippen LogP contribution in [-0.4, -0.2) is 17.2 Å². The molecule has 102 valence electrons. The molecule has 5 heteroatoms. The van der Waals surface area contributed by atoms with Gasteiger partial charge in [-0.3, -0.25) is 0 Å². The summed E-state index contributed by atoms with van der Waals surface area (Å²) in [5.74, 6) is 1.02. The summed E-state index contributed by atoms with van der Waals surface area (Å²) in [6.45, 7) is 0.0365. The van der Waals surface area contributed by atoms with Crippen molar-refractivity contribution in [2.24, 2.45) is 0 Å². The summed E-state index contributed by atoms with van der Waals surface area (Å²) < 4.78 is 10.9. The van der Waals surface area contributed by atoms with E-state index in [-0.39, 0.29) is 13.2 Å². The monoisotopic (exact) mass is 270 g/mol. The highest BCUT2D eigenvalue weighted by Gasteiger charge is 2.11. The summed E-state index contributed by atoms with van der Waals surface area (Å²) in [6, 6.07) is 10.8. The number of ether oxygens (including phenoxy) is 2. The highest BCUT2D eigenvalue weighted by atomic mass is 16.5. The van der Waals surface area contributed by atoms with Crippen molar-refractivity contribution in [1.29, 1.82) is 5.26 Å². The van der Waals surface area contributed by atoms with Crippen molar-refractivity contribution in [3.63, 3.8) is 0 Å². The fourth-order valence-corrected chi connectivity index (χ4v) is 1.82. The highest BCUT2D eigenvalue weighted by Crippen LogP contribution is 2.31. The smallest absolute Gasteiger partial charge is 0.167 e. The topological polar surface area (TPSA) is 75.4 Å². The summed E-state index contributed by atoms with van der Waals surface area (Å²) in [6.07, 6.45) is 1.56.